The largest absolute Gasteiger partial charge is 0.481 e. The van der Waals surface area contributed by atoms with E-state index in [2.05, 4.69) is 11.6 Å². The fourth-order valence-electron chi connectivity index (χ4n) is 2.29. The number of rotatable bonds is 8. The van der Waals surface area contributed by atoms with E-state index < -0.39 is 5.97 Å². The molecule has 0 aromatic heterocycles. The van der Waals surface area contributed by atoms with Crippen LogP contribution in [-0.4, -0.2) is 53.6 Å². The van der Waals surface area contributed by atoms with Crippen LogP contribution in [0.3, 0.4) is 0 Å². The van der Waals surface area contributed by atoms with E-state index in [0.717, 1.165) is 19.3 Å². The number of carboxylic acid groups (broad SMARTS) is 1. The highest BCUT2D eigenvalue weighted by Gasteiger charge is 2.27. The lowest BCUT2D eigenvalue weighted by atomic mass is 10.1. The zero-order valence-corrected chi connectivity index (χ0v) is 12.4. The lowest BCUT2D eigenvalue weighted by molar-refractivity contribution is -0.138. The van der Waals surface area contributed by atoms with E-state index in [1.54, 1.807) is 4.90 Å². The van der Waals surface area contributed by atoms with Gasteiger partial charge in [-0.2, -0.15) is 11.8 Å². The predicted molar refractivity (Wildman–Crippen MR) is 77.6 cm³/mol. The Bertz CT molecular complexity index is 300. The number of aliphatic carboxylic acids is 1. The van der Waals surface area contributed by atoms with E-state index in [1.165, 1.54) is 12.2 Å². The Morgan fingerprint density at radius 3 is 2.84 bits per heavy atom. The first-order valence-corrected chi connectivity index (χ1v) is 8.26. The van der Waals surface area contributed by atoms with Crippen LogP contribution in [0.1, 0.15) is 32.1 Å². The zero-order chi connectivity index (χ0) is 14.1. The van der Waals surface area contributed by atoms with Gasteiger partial charge in [0.15, 0.2) is 0 Å². The lowest BCUT2D eigenvalue weighted by Gasteiger charge is -2.17. The number of nitrogens with zero attached hydrogens (tertiary/aromatic N) is 1. The number of amides is 2. The molecule has 2 N–H and O–H groups in total. The van der Waals surface area contributed by atoms with Crippen LogP contribution in [0.5, 0.6) is 0 Å². The first kappa shape index (κ1) is 16.1. The number of hydrogen-bond acceptors (Lipinski definition) is 3. The molecule has 1 rings (SSSR count). The molecule has 0 bridgehead atoms. The third-order valence-corrected chi connectivity index (χ3v) is 4.03. The number of urea groups is 1. The van der Waals surface area contributed by atoms with Crippen molar-refractivity contribution >= 4 is 23.8 Å². The minimum Gasteiger partial charge on any atom is -0.481 e. The number of thioether (sulfide) groups is 1. The van der Waals surface area contributed by atoms with Crippen LogP contribution >= 0.6 is 11.8 Å². The highest BCUT2D eigenvalue weighted by atomic mass is 32.2. The molecule has 1 unspecified atom stereocenters. The molecule has 0 saturated carbocycles. The minimum atomic E-state index is -0.777. The third-order valence-electron chi connectivity index (χ3n) is 3.34. The van der Waals surface area contributed by atoms with Crippen LogP contribution in [0, 0.1) is 5.92 Å². The maximum atomic E-state index is 11.8. The zero-order valence-electron chi connectivity index (χ0n) is 11.6. The Morgan fingerprint density at radius 2 is 2.16 bits per heavy atom. The molecule has 1 fully saturated rings. The average molecular weight is 288 g/mol. The van der Waals surface area contributed by atoms with Gasteiger partial charge >= 0.3 is 12.0 Å². The average Bonchev–Trinajstić information content (AvgIpc) is 2.81. The molecular weight excluding hydrogens is 264 g/mol. The molecule has 1 aliphatic heterocycles. The molecule has 6 heteroatoms. The molecule has 0 aliphatic carbocycles. The van der Waals surface area contributed by atoms with Gasteiger partial charge in [-0.3, -0.25) is 4.79 Å². The molecule has 1 aliphatic rings. The molecule has 0 radical (unpaired) electrons. The van der Waals surface area contributed by atoms with Crippen LogP contribution in [0.15, 0.2) is 0 Å². The second-order valence-electron chi connectivity index (χ2n) is 4.98. The van der Waals surface area contributed by atoms with E-state index in [-0.39, 0.29) is 18.4 Å². The summed E-state index contributed by atoms with van der Waals surface area (Å²) in [5.74, 6) is 0.516. The monoisotopic (exact) mass is 288 g/mol. The first-order valence-electron chi connectivity index (χ1n) is 6.87. The fourth-order valence-corrected chi connectivity index (χ4v) is 2.78. The van der Waals surface area contributed by atoms with E-state index in [9.17, 15) is 9.59 Å². The van der Waals surface area contributed by atoms with Gasteiger partial charge < -0.3 is 15.3 Å². The van der Waals surface area contributed by atoms with Crippen molar-refractivity contribution in [2.45, 2.75) is 32.1 Å². The summed E-state index contributed by atoms with van der Waals surface area (Å²) < 4.78 is 0. The van der Waals surface area contributed by atoms with Crippen molar-refractivity contribution in [3.63, 3.8) is 0 Å². The first-order chi connectivity index (χ1) is 9.13. The molecule has 1 saturated heterocycles. The van der Waals surface area contributed by atoms with Gasteiger partial charge in [0, 0.05) is 26.1 Å². The summed E-state index contributed by atoms with van der Waals surface area (Å²) in [4.78, 5) is 24.2. The van der Waals surface area contributed by atoms with Crippen LogP contribution < -0.4 is 5.32 Å². The molecule has 2 amide bonds. The summed E-state index contributed by atoms with van der Waals surface area (Å²) in [6.45, 7) is 1.97. The quantitative estimate of drug-likeness (QED) is 0.671. The lowest BCUT2D eigenvalue weighted by Crippen LogP contribution is -2.39. The Labute approximate surface area is 119 Å². The van der Waals surface area contributed by atoms with Crippen molar-refractivity contribution in [1.29, 1.82) is 0 Å². The molecule has 19 heavy (non-hydrogen) atoms. The normalized spacial score (nSPS) is 18.6. The summed E-state index contributed by atoms with van der Waals surface area (Å²) in [6, 6.07) is -0.0437. The number of carbonyl (C=O) groups is 2. The van der Waals surface area contributed by atoms with E-state index >= 15 is 0 Å². The standard InChI is InChI=1S/C13H24N2O3S/c1-19-8-4-2-3-6-14-13(18)15-7-5-11(10-15)9-12(16)17/h11H,2-10H2,1H3,(H,14,18)(H,16,17). The predicted octanol–water partition coefficient (Wildman–Crippen LogP) is 2.03. The second kappa shape index (κ2) is 9.07. The Kier molecular flexibility index (Phi) is 7.70. The van der Waals surface area contributed by atoms with Crippen molar-refractivity contribution < 1.29 is 14.7 Å². The highest BCUT2D eigenvalue weighted by molar-refractivity contribution is 7.98. The van der Waals surface area contributed by atoms with Gasteiger partial charge in [-0.15, -0.1) is 0 Å². The SMILES string of the molecule is CSCCCCCNC(=O)N1CCC(CC(=O)O)C1. The number of hydrogen-bond donors (Lipinski definition) is 2. The summed E-state index contributed by atoms with van der Waals surface area (Å²) >= 11 is 1.85. The van der Waals surface area contributed by atoms with Gasteiger partial charge in [-0.05, 0) is 37.2 Å². The smallest absolute Gasteiger partial charge is 0.317 e. The van der Waals surface area contributed by atoms with Gasteiger partial charge in [-0.25, -0.2) is 4.79 Å². The number of carbonyl (C=O) groups excluding carboxylic acids is 1. The van der Waals surface area contributed by atoms with Crippen LogP contribution in [0.4, 0.5) is 4.79 Å². The van der Waals surface area contributed by atoms with Gasteiger partial charge in [0.25, 0.3) is 0 Å². The molecular formula is C13H24N2O3S. The van der Waals surface area contributed by atoms with E-state index in [4.69, 9.17) is 5.11 Å². The molecule has 0 spiro atoms. The number of likely N-dealkylation sites (tertiary alicyclic amines) is 1. The summed E-state index contributed by atoms with van der Waals surface area (Å²) in [5.41, 5.74) is 0. The van der Waals surface area contributed by atoms with Gasteiger partial charge in [0.05, 0.1) is 0 Å². The van der Waals surface area contributed by atoms with Crippen molar-refractivity contribution in [3.8, 4) is 0 Å². The summed E-state index contributed by atoms with van der Waals surface area (Å²) in [5, 5.41) is 11.6. The Balaban J connectivity index is 2.09. The number of unbranched alkanes of at least 4 members (excludes halogenated alkanes) is 2. The maximum Gasteiger partial charge on any atom is 0.317 e. The Hall–Kier alpha value is -0.910. The molecule has 110 valence electrons. The third kappa shape index (κ3) is 6.71. The number of carboxylic acids is 1. The molecule has 0 aromatic carbocycles. The molecule has 1 atom stereocenters. The van der Waals surface area contributed by atoms with E-state index in [1.807, 2.05) is 11.8 Å². The fraction of sp³-hybridized carbons (Fsp3) is 0.846. The van der Waals surface area contributed by atoms with Gasteiger partial charge in [0.1, 0.15) is 0 Å². The van der Waals surface area contributed by atoms with Crippen LogP contribution in [0.2, 0.25) is 0 Å². The van der Waals surface area contributed by atoms with Crippen molar-refractivity contribution in [2.24, 2.45) is 5.92 Å². The minimum absolute atomic E-state index is 0.0437. The van der Waals surface area contributed by atoms with Crippen LogP contribution in [0.25, 0.3) is 0 Å². The van der Waals surface area contributed by atoms with Crippen LogP contribution in [-0.2, 0) is 4.79 Å². The van der Waals surface area contributed by atoms with Gasteiger partial charge in [0.2, 0.25) is 0 Å². The van der Waals surface area contributed by atoms with Gasteiger partial charge in [-0.1, -0.05) is 6.42 Å². The topological polar surface area (TPSA) is 69.6 Å². The highest BCUT2D eigenvalue weighted by Crippen LogP contribution is 2.19. The Morgan fingerprint density at radius 1 is 1.37 bits per heavy atom. The summed E-state index contributed by atoms with van der Waals surface area (Å²) in [7, 11) is 0. The molecule has 1 heterocycles. The molecule has 0 aromatic rings. The van der Waals surface area contributed by atoms with Crippen molar-refractivity contribution in [2.75, 3.05) is 31.6 Å². The second-order valence-corrected chi connectivity index (χ2v) is 5.97. The maximum absolute atomic E-state index is 11.8. The van der Waals surface area contributed by atoms with Crippen molar-refractivity contribution in [3.05, 3.63) is 0 Å². The van der Waals surface area contributed by atoms with E-state index in [0.29, 0.717) is 19.6 Å². The molecule has 5 nitrogen and oxygen atoms in total. The summed E-state index contributed by atoms with van der Waals surface area (Å²) in [6.07, 6.45) is 6.41. The van der Waals surface area contributed by atoms with Crippen molar-refractivity contribution in [1.82, 2.24) is 10.2 Å². The number of nitrogens with one attached hydrogen (secondary N) is 1.